The summed E-state index contributed by atoms with van der Waals surface area (Å²) < 4.78 is 43.1. The second-order valence-corrected chi connectivity index (χ2v) is 8.76. The summed E-state index contributed by atoms with van der Waals surface area (Å²) in [4.78, 5) is 4.51. The molecule has 3 unspecified atom stereocenters. The van der Waals surface area contributed by atoms with Gasteiger partial charge in [0.2, 0.25) is 0 Å². The van der Waals surface area contributed by atoms with Crippen LogP contribution in [-0.4, -0.2) is 12.5 Å². The molecule has 158 valence electrons. The second kappa shape index (κ2) is 6.19. The first kappa shape index (κ1) is 18.6. The topological polar surface area (TPSA) is 15.7 Å². The Hall–Kier alpha value is -3.15. The number of para-hydroxylation sites is 1. The van der Waals surface area contributed by atoms with Crippen molar-refractivity contribution in [3.8, 4) is 5.75 Å². The number of ether oxygens (including phenoxy) is 1. The van der Waals surface area contributed by atoms with Crippen molar-refractivity contribution in [3.63, 3.8) is 0 Å². The fourth-order valence-corrected chi connectivity index (χ4v) is 5.46. The minimum Gasteiger partial charge on any atom is -0.406 e. The van der Waals surface area contributed by atoms with E-state index in [1.165, 1.54) is 17.7 Å². The number of nitrogens with zero attached hydrogens (tertiary/aromatic N) is 2. The standard InChI is InChI=1S/C25H21F3N2O/c1-14-9-15(2)11-16(10-14)29-23-12-17(31-25(26,27)28)7-8-22(23)30-21-6-4-3-5-18(21)19-13-20(19)24(29)30/h3-12,19-20,24H,13H2,1-2H3. The number of anilines is 4. The van der Waals surface area contributed by atoms with Gasteiger partial charge in [-0.25, -0.2) is 0 Å². The second-order valence-electron chi connectivity index (χ2n) is 8.76. The third-order valence-corrected chi connectivity index (χ3v) is 6.53. The molecule has 0 bridgehead atoms. The van der Waals surface area contributed by atoms with Gasteiger partial charge in [0, 0.05) is 23.4 Å². The van der Waals surface area contributed by atoms with Crippen LogP contribution in [0.25, 0.3) is 0 Å². The summed E-state index contributed by atoms with van der Waals surface area (Å²) in [5.41, 5.74) is 7.38. The van der Waals surface area contributed by atoms with Gasteiger partial charge in [-0.3, -0.25) is 0 Å². The van der Waals surface area contributed by atoms with Gasteiger partial charge in [-0.2, -0.15) is 0 Å². The van der Waals surface area contributed by atoms with Crippen molar-refractivity contribution in [2.24, 2.45) is 5.92 Å². The molecule has 2 heterocycles. The van der Waals surface area contributed by atoms with Crippen LogP contribution in [0.2, 0.25) is 0 Å². The fourth-order valence-electron chi connectivity index (χ4n) is 5.46. The smallest absolute Gasteiger partial charge is 0.406 e. The molecule has 1 aliphatic carbocycles. The number of hydrogen-bond acceptors (Lipinski definition) is 3. The van der Waals surface area contributed by atoms with Crippen LogP contribution in [0.5, 0.6) is 5.75 Å². The summed E-state index contributed by atoms with van der Waals surface area (Å²) in [6.07, 6.45) is -3.60. The molecule has 3 atom stereocenters. The third-order valence-electron chi connectivity index (χ3n) is 6.53. The van der Waals surface area contributed by atoms with Crippen LogP contribution < -0.4 is 14.5 Å². The van der Waals surface area contributed by atoms with Crippen molar-refractivity contribution in [1.82, 2.24) is 0 Å². The molecule has 0 radical (unpaired) electrons. The molecular weight excluding hydrogens is 401 g/mol. The molecule has 6 rings (SSSR count). The first-order valence-electron chi connectivity index (χ1n) is 10.5. The van der Waals surface area contributed by atoms with Gasteiger partial charge < -0.3 is 14.5 Å². The summed E-state index contributed by atoms with van der Waals surface area (Å²) in [6.45, 7) is 4.09. The van der Waals surface area contributed by atoms with E-state index in [4.69, 9.17) is 0 Å². The van der Waals surface area contributed by atoms with E-state index < -0.39 is 6.36 Å². The SMILES string of the molecule is Cc1cc(C)cc(N2c3cc(OC(F)(F)F)ccc3N3c4ccccc4C4CC4C23)c1. The molecule has 0 amide bonds. The molecule has 2 aliphatic heterocycles. The van der Waals surface area contributed by atoms with Crippen molar-refractivity contribution < 1.29 is 17.9 Å². The maximum absolute atomic E-state index is 12.9. The van der Waals surface area contributed by atoms with Gasteiger partial charge in [-0.05, 0) is 73.2 Å². The zero-order valence-electron chi connectivity index (χ0n) is 17.1. The fraction of sp³-hybridized carbons (Fsp3) is 0.280. The van der Waals surface area contributed by atoms with Crippen LogP contribution in [0.3, 0.4) is 0 Å². The lowest BCUT2D eigenvalue weighted by Gasteiger charge is -2.38. The maximum Gasteiger partial charge on any atom is 0.573 e. The number of aryl methyl sites for hydroxylation is 2. The monoisotopic (exact) mass is 422 g/mol. The van der Waals surface area contributed by atoms with Gasteiger partial charge in [0.15, 0.2) is 0 Å². The highest BCUT2D eigenvalue weighted by Gasteiger charge is 2.57. The Morgan fingerprint density at radius 2 is 1.58 bits per heavy atom. The van der Waals surface area contributed by atoms with E-state index in [0.29, 0.717) is 11.8 Å². The number of fused-ring (bicyclic) bond motifs is 8. The first-order chi connectivity index (χ1) is 14.8. The van der Waals surface area contributed by atoms with Crippen LogP contribution in [0.1, 0.15) is 29.0 Å². The Bertz CT molecular complexity index is 1190. The van der Waals surface area contributed by atoms with Gasteiger partial charge in [-0.1, -0.05) is 24.3 Å². The minimum absolute atomic E-state index is 0.0391. The summed E-state index contributed by atoms with van der Waals surface area (Å²) >= 11 is 0. The van der Waals surface area contributed by atoms with Crippen LogP contribution in [0.15, 0.2) is 60.7 Å². The average molecular weight is 422 g/mol. The van der Waals surface area contributed by atoms with Gasteiger partial charge in [0.05, 0.1) is 11.4 Å². The lowest BCUT2D eigenvalue weighted by molar-refractivity contribution is -0.274. The van der Waals surface area contributed by atoms with E-state index in [2.05, 4.69) is 50.9 Å². The van der Waals surface area contributed by atoms with E-state index in [-0.39, 0.29) is 11.9 Å². The van der Waals surface area contributed by atoms with Crippen molar-refractivity contribution in [2.75, 3.05) is 9.80 Å². The molecule has 3 nitrogen and oxygen atoms in total. The molecule has 6 heteroatoms. The highest BCUT2D eigenvalue weighted by Crippen LogP contribution is 2.65. The number of hydrogen-bond donors (Lipinski definition) is 0. The Kier molecular flexibility index (Phi) is 3.71. The van der Waals surface area contributed by atoms with Gasteiger partial charge in [-0.15, -0.1) is 13.2 Å². The third kappa shape index (κ3) is 2.88. The van der Waals surface area contributed by atoms with Crippen LogP contribution in [0.4, 0.5) is 35.9 Å². The predicted octanol–water partition coefficient (Wildman–Crippen LogP) is 6.94. The largest absolute Gasteiger partial charge is 0.573 e. The normalized spacial score (nSPS) is 23.1. The molecule has 1 saturated carbocycles. The van der Waals surface area contributed by atoms with E-state index >= 15 is 0 Å². The highest BCUT2D eigenvalue weighted by atomic mass is 19.4. The van der Waals surface area contributed by atoms with Gasteiger partial charge >= 0.3 is 6.36 Å². The van der Waals surface area contributed by atoms with Crippen LogP contribution in [0, 0.1) is 19.8 Å². The molecule has 3 aromatic rings. The summed E-state index contributed by atoms with van der Waals surface area (Å²) in [6, 6.07) is 19.4. The van der Waals surface area contributed by atoms with Gasteiger partial charge in [0.1, 0.15) is 11.9 Å². The Labute approximate surface area is 178 Å². The molecule has 0 N–H and O–H groups in total. The van der Waals surface area contributed by atoms with E-state index in [1.54, 1.807) is 6.07 Å². The predicted molar refractivity (Wildman–Crippen MR) is 114 cm³/mol. The molecule has 3 aromatic carbocycles. The van der Waals surface area contributed by atoms with Crippen LogP contribution in [-0.2, 0) is 0 Å². The molecule has 31 heavy (non-hydrogen) atoms. The number of benzene rings is 3. The molecule has 1 fully saturated rings. The van der Waals surface area contributed by atoms with E-state index in [1.807, 2.05) is 19.9 Å². The molecular formula is C25H21F3N2O. The number of halogens is 3. The average Bonchev–Trinajstić information content (AvgIpc) is 3.42. The van der Waals surface area contributed by atoms with E-state index in [0.717, 1.165) is 40.3 Å². The quantitative estimate of drug-likeness (QED) is 0.445. The summed E-state index contributed by atoms with van der Waals surface area (Å²) in [5, 5.41) is 0. The van der Waals surface area contributed by atoms with Crippen molar-refractivity contribution >= 4 is 22.7 Å². The molecule has 0 spiro atoms. The van der Waals surface area contributed by atoms with Crippen molar-refractivity contribution in [2.45, 2.75) is 38.7 Å². The van der Waals surface area contributed by atoms with Gasteiger partial charge in [0.25, 0.3) is 0 Å². The molecule has 3 aliphatic rings. The number of rotatable bonds is 2. The Balaban J connectivity index is 1.56. The number of alkyl halides is 3. The highest BCUT2D eigenvalue weighted by molar-refractivity contribution is 5.91. The summed E-state index contributed by atoms with van der Waals surface area (Å²) in [7, 11) is 0. The first-order valence-corrected chi connectivity index (χ1v) is 10.5. The lowest BCUT2D eigenvalue weighted by Crippen LogP contribution is -2.42. The maximum atomic E-state index is 12.9. The molecule has 0 saturated heterocycles. The zero-order chi connectivity index (χ0) is 21.5. The van der Waals surface area contributed by atoms with Crippen LogP contribution >= 0.6 is 0 Å². The zero-order valence-corrected chi connectivity index (χ0v) is 17.1. The Morgan fingerprint density at radius 1 is 0.839 bits per heavy atom. The summed E-state index contributed by atoms with van der Waals surface area (Å²) in [5.74, 6) is 0.724. The minimum atomic E-state index is -4.72. The van der Waals surface area contributed by atoms with Crippen molar-refractivity contribution in [3.05, 3.63) is 77.4 Å². The lowest BCUT2D eigenvalue weighted by atomic mass is 9.99. The molecule has 0 aromatic heterocycles. The Morgan fingerprint density at radius 3 is 2.32 bits per heavy atom. The van der Waals surface area contributed by atoms with E-state index in [9.17, 15) is 13.2 Å². The van der Waals surface area contributed by atoms with Crippen molar-refractivity contribution in [1.29, 1.82) is 0 Å².